The molecule has 2 N–H and O–H groups in total. The van der Waals surface area contributed by atoms with Crippen molar-refractivity contribution < 1.29 is 4.79 Å². The smallest absolute Gasteiger partial charge is 0.221 e. The summed E-state index contributed by atoms with van der Waals surface area (Å²) < 4.78 is 1.76. The highest BCUT2D eigenvalue weighted by Gasteiger charge is 1.98. The van der Waals surface area contributed by atoms with Crippen LogP contribution in [-0.2, 0) is 18.4 Å². The van der Waals surface area contributed by atoms with Crippen molar-refractivity contribution >= 4 is 5.91 Å². The molecule has 78 valence electrons. The van der Waals surface area contributed by atoms with E-state index in [1.165, 1.54) is 0 Å². The molecule has 1 aromatic heterocycles. The average Bonchev–Trinajstić information content (AvgIpc) is 2.58. The molecular formula is C9H16N4O. The Bertz CT molecular complexity index is 295. The van der Waals surface area contributed by atoms with Gasteiger partial charge in [0.2, 0.25) is 5.91 Å². The highest BCUT2D eigenvalue weighted by molar-refractivity contribution is 5.75. The molecule has 5 nitrogen and oxygen atoms in total. The number of nitrogens with one attached hydrogen (secondary N) is 2. The summed E-state index contributed by atoms with van der Waals surface area (Å²) in [5.41, 5.74) is 0.990. The minimum atomic E-state index is 0.0542. The lowest BCUT2D eigenvalue weighted by atomic mass is 10.4. The van der Waals surface area contributed by atoms with E-state index in [1.807, 2.05) is 19.3 Å². The van der Waals surface area contributed by atoms with Crippen LogP contribution in [0, 0.1) is 0 Å². The third kappa shape index (κ3) is 3.57. The van der Waals surface area contributed by atoms with Crippen LogP contribution in [0.4, 0.5) is 0 Å². The van der Waals surface area contributed by atoms with Gasteiger partial charge in [-0.05, 0) is 6.07 Å². The highest BCUT2D eigenvalue weighted by atomic mass is 16.1. The molecule has 14 heavy (non-hydrogen) atoms. The normalized spacial score (nSPS) is 10.1. The van der Waals surface area contributed by atoms with E-state index < -0.39 is 0 Å². The zero-order valence-corrected chi connectivity index (χ0v) is 8.58. The fourth-order valence-corrected chi connectivity index (χ4v) is 1.10. The Hall–Kier alpha value is -1.36. The molecule has 0 radical (unpaired) electrons. The molecule has 0 atom stereocenters. The number of hydrogen-bond donors (Lipinski definition) is 2. The van der Waals surface area contributed by atoms with Gasteiger partial charge in [-0.1, -0.05) is 0 Å². The van der Waals surface area contributed by atoms with Crippen molar-refractivity contribution in [3.05, 3.63) is 18.0 Å². The second-order valence-electron chi connectivity index (χ2n) is 3.08. The number of aryl methyl sites for hydroxylation is 1. The van der Waals surface area contributed by atoms with Gasteiger partial charge in [-0.25, -0.2) is 0 Å². The zero-order valence-electron chi connectivity index (χ0n) is 8.58. The summed E-state index contributed by atoms with van der Waals surface area (Å²) in [4.78, 5) is 10.9. The molecule has 0 aliphatic carbocycles. The third-order valence-electron chi connectivity index (χ3n) is 1.88. The molecule has 5 heteroatoms. The van der Waals surface area contributed by atoms with Crippen molar-refractivity contribution in [2.45, 2.75) is 13.0 Å². The van der Waals surface area contributed by atoms with E-state index >= 15 is 0 Å². The molecule has 0 aromatic carbocycles. The average molecular weight is 196 g/mol. The van der Waals surface area contributed by atoms with Crippen molar-refractivity contribution in [1.82, 2.24) is 20.4 Å². The fraction of sp³-hybridized carbons (Fsp3) is 0.556. The molecule has 0 aliphatic rings. The summed E-state index contributed by atoms with van der Waals surface area (Å²) >= 11 is 0. The van der Waals surface area contributed by atoms with Crippen LogP contribution < -0.4 is 10.6 Å². The largest absolute Gasteiger partial charge is 0.359 e. The highest BCUT2D eigenvalue weighted by Crippen LogP contribution is 1.92. The van der Waals surface area contributed by atoms with Crippen molar-refractivity contribution in [2.75, 3.05) is 13.6 Å². The van der Waals surface area contributed by atoms with Gasteiger partial charge in [-0.15, -0.1) is 0 Å². The predicted octanol–water partition coefficient (Wildman–Crippen LogP) is -0.354. The van der Waals surface area contributed by atoms with Gasteiger partial charge in [-0.2, -0.15) is 5.10 Å². The first-order chi connectivity index (χ1) is 6.72. The van der Waals surface area contributed by atoms with Gasteiger partial charge in [0.1, 0.15) is 0 Å². The predicted molar refractivity (Wildman–Crippen MR) is 53.6 cm³/mol. The molecule has 1 heterocycles. The number of carbonyl (C=O) groups excluding carboxylic acids is 1. The van der Waals surface area contributed by atoms with Gasteiger partial charge in [0.05, 0.1) is 5.69 Å². The van der Waals surface area contributed by atoms with E-state index in [9.17, 15) is 4.79 Å². The third-order valence-corrected chi connectivity index (χ3v) is 1.88. The Morgan fingerprint density at radius 3 is 3.00 bits per heavy atom. The number of nitrogens with zero attached hydrogens (tertiary/aromatic N) is 2. The van der Waals surface area contributed by atoms with Crippen LogP contribution in [-0.4, -0.2) is 29.3 Å². The zero-order chi connectivity index (χ0) is 10.4. The SMILES string of the molecule is CNC(=O)CCNCc1ccn(C)n1. The summed E-state index contributed by atoms with van der Waals surface area (Å²) in [5.74, 6) is 0.0542. The molecular weight excluding hydrogens is 180 g/mol. The number of aromatic nitrogens is 2. The number of amides is 1. The van der Waals surface area contributed by atoms with E-state index in [0.29, 0.717) is 19.5 Å². The van der Waals surface area contributed by atoms with Crippen molar-refractivity contribution in [3.8, 4) is 0 Å². The maximum absolute atomic E-state index is 10.9. The maximum atomic E-state index is 10.9. The molecule has 0 fully saturated rings. The van der Waals surface area contributed by atoms with Crippen molar-refractivity contribution in [1.29, 1.82) is 0 Å². The van der Waals surface area contributed by atoms with E-state index in [4.69, 9.17) is 0 Å². The van der Waals surface area contributed by atoms with Crippen molar-refractivity contribution in [3.63, 3.8) is 0 Å². The maximum Gasteiger partial charge on any atom is 0.221 e. The topological polar surface area (TPSA) is 59.0 Å². The molecule has 0 saturated heterocycles. The quantitative estimate of drug-likeness (QED) is 0.633. The first-order valence-corrected chi connectivity index (χ1v) is 4.62. The Balaban J connectivity index is 2.13. The molecule has 0 saturated carbocycles. The summed E-state index contributed by atoms with van der Waals surface area (Å²) in [6.07, 6.45) is 2.40. The van der Waals surface area contributed by atoms with Gasteiger partial charge in [0.15, 0.2) is 0 Å². The van der Waals surface area contributed by atoms with Crippen LogP contribution in [0.5, 0.6) is 0 Å². The lowest BCUT2D eigenvalue weighted by molar-refractivity contribution is -0.120. The number of rotatable bonds is 5. The summed E-state index contributed by atoms with van der Waals surface area (Å²) in [5, 5.41) is 9.91. The van der Waals surface area contributed by atoms with Gasteiger partial charge in [-0.3, -0.25) is 9.48 Å². The summed E-state index contributed by atoms with van der Waals surface area (Å²) in [6, 6.07) is 1.95. The Labute approximate surface area is 83.5 Å². The first-order valence-electron chi connectivity index (χ1n) is 4.62. The molecule has 1 rings (SSSR count). The van der Waals surface area contributed by atoms with Crippen LogP contribution >= 0.6 is 0 Å². The Morgan fingerprint density at radius 1 is 1.64 bits per heavy atom. The van der Waals surface area contributed by atoms with E-state index in [0.717, 1.165) is 5.69 Å². The molecule has 0 bridgehead atoms. The van der Waals surface area contributed by atoms with Crippen LogP contribution in [0.25, 0.3) is 0 Å². The Morgan fingerprint density at radius 2 is 2.43 bits per heavy atom. The summed E-state index contributed by atoms with van der Waals surface area (Å²) in [7, 11) is 3.52. The molecule has 1 amide bonds. The van der Waals surface area contributed by atoms with Gasteiger partial charge in [0, 0.05) is 39.8 Å². The van der Waals surface area contributed by atoms with E-state index in [1.54, 1.807) is 11.7 Å². The summed E-state index contributed by atoms with van der Waals surface area (Å²) in [6.45, 7) is 1.38. The van der Waals surface area contributed by atoms with E-state index in [2.05, 4.69) is 15.7 Å². The minimum absolute atomic E-state index is 0.0542. The number of hydrogen-bond acceptors (Lipinski definition) is 3. The van der Waals surface area contributed by atoms with Crippen LogP contribution in [0.3, 0.4) is 0 Å². The molecule has 0 unspecified atom stereocenters. The van der Waals surface area contributed by atoms with Crippen molar-refractivity contribution in [2.24, 2.45) is 7.05 Å². The van der Waals surface area contributed by atoms with Crippen LogP contribution in [0.15, 0.2) is 12.3 Å². The molecule has 0 spiro atoms. The first kappa shape index (κ1) is 10.7. The van der Waals surface area contributed by atoms with Crippen LogP contribution in [0.1, 0.15) is 12.1 Å². The molecule has 1 aromatic rings. The van der Waals surface area contributed by atoms with Gasteiger partial charge < -0.3 is 10.6 Å². The lowest BCUT2D eigenvalue weighted by Crippen LogP contribution is -2.24. The second kappa shape index (κ2) is 5.39. The van der Waals surface area contributed by atoms with Gasteiger partial charge >= 0.3 is 0 Å². The lowest BCUT2D eigenvalue weighted by Gasteiger charge is -2.01. The fourth-order valence-electron chi connectivity index (χ4n) is 1.10. The Kier molecular flexibility index (Phi) is 4.12. The monoisotopic (exact) mass is 196 g/mol. The van der Waals surface area contributed by atoms with Gasteiger partial charge in [0.25, 0.3) is 0 Å². The standard InChI is InChI=1S/C9H16N4O/c1-10-9(14)3-5-11-7-8-4-6-13(2)12-8/h4,6,11H,3,5,7H2,1-2H3,(H,10,14). The minimum Gasteiger partial charge on any atom is -0.359 e. The second-order valence-corrected chi connectivity index (χ2v) is 3.08. The van der Waals surface area contributed by atoms with E-state index in [-0.39, 0.29) is 5.91 Å². The van der Waals surface area contributed by atoms with Crippen LogP contribution in [0.2, 0.25) is 0 Å². The molecule has 0 aliphatic heterocycles. The number of carbonyl (C=O) groups is 1.